The molecule has 6 heteroatoms. The summed E-state index contributed by atoms with van der Waals surface area (Å²) in [6.07, 6.45) is 4.44. The van der Waals surface area contributed by atoms with E-state index in [1.54, 1.807) is 11.3 Å². The summed E-state index contributed by atoms with van der Waals surface area (Å²) in [7, 11) is 0. The second-order valence-electron chi connectivity index (χ2n) is 5.60. The third-order valence-corrected chi connectivity index (χ3v) is 4.76. The van der Waals surface area contributed by atoms with Crippen LogP contribution in [-0.4, -0.2) is 24.2 Å². The van der Waals surface area contributed by atoms with Gasteiger partial charge in [0.2, 0.25) is 0 Å². The highest BCUT2D eigenvalue weighted by Gasteiger charge is 2.20. The summed E-state index contributed by atoms with van der Waals surface area (Å²) < 4.78 is 5.72. The zero-order valence-electron chi connectivity index (χ0n) is 13.2. The molecule has 1 atom stereocenters. The van der Waals surface area contributed by atoms with Crippen LogP contribution in [0.5, 0.6) is 5.75 Å². The van der Waals surface area contributed by atoms with Crippen LogP contribution in [0.25, 0.3) is 0 Å². The van der Waals surface area contributed by atoms with Crippen LogP contribution in [-0.2, 0) is 6.42 Å². The molecule has 2 heterocycles. The zero-order chi connectivity index (χ0) is 16.1. The number of hydrogen-bond acceptors (Lipinski definition) is 4. The fourth-order valence-corrected chi connectivity index (χ4v) is 3.47. The van der Waals surface area contributed by atoms with E-state index in [0.29, 0.717) is 13.2 Å². The Morgan fingerprint density at radius 3 is 3.13 bits per heavy atom. The SMILES string of the molecule is Cc1cnc(CCNC(=O)N[C@@H]2CCCOc3ccccc32)s1. The van der Waals surface area contributed by atoms with Crippen molar-refractivity contribution in [1.29, 1.82) is 0 Å². The lowest BCUT2D eigenvalue weighted by Gasteiger charge is -2.18. The fraction of sp³-hybridized carbons (Fsp3) is 0.412. The quantitative estimate of drug-likeness (QED) is 0.904. The molecule has 0 aliphatic carbocycles. The van der Waals surface area contributed by atoms with E-state index < -0.39 is 0 Å². The first-order valence-corrected chi connectivity index (χ1v) is 8.71. The van der Waals surface area contributed by atoms with Crippen molar-refractivity contribution in [2.75, 3.05) is 13.2 Å². The number of nitrogens with zero attached hydrogens (tertiary/aromatic N) is 1. The Morgan fingerprint density at radius 2 is 2.30 bits per heavy atom. The number of hydrogen-bond donors (Lipinski definition) is 2. The van der Waals surface area contributed by atoms with Crippen molar-refractivity contribution in [3.05, 3.63) is 45.9 Å². The maximum absolute atomic E-state index is 12.1. The number of benzene rings is 1. The lowest BCUT2D eigenvalue weighted by Crippen LogP contribution is -2.38. The Kier molecular flexibility index (Phi) is 5.12. The van der Waals surface area contributed by atoms with E-state index in [0.717, 1.165) is 35.6 Å². The normalized spacial score (nSPS) is 16.8. The molecule has 122 valence electrons. The van der Waals surface area contributed by atoms with E-state index in [-0.39, 0.29) is 12.1 Å². The average Bonchev–Trinajstić information content (AvgIpc) is 2.85. The van der Waals surface area contributed by atoms with Gasteiger partial charge in [-0.05, 0) is 25.8 Å². The molecule has 0 saturated heterocycles. The number of ether oxygens (including phenoxy) is 1. The Hall–Kier alpha value is -2.08. The molecule has 3 rings (SSSR count). The number of aromatic nitrogens is 1. The van der Waals surface area contributed by atoms with Gasteiger partial charge in [0.1, 0.15) is 5.75 Å². The van der Waals surface area contributed by atoms with Crippen LogP contribution in [0.1, 0.15) is 34.3 Å². The smallest absolute Gasteiger partial charge is 0.315 e. The summed E-state index contributed by atoms with van der Waals surface area (Å²) in [6, 6.07) is 7.76. The molecule has 0 radical (unpaired) electrons. The Morgan fingerprint density at radius 1 is 1.43 bits per heavy atom. The lowest BCUT2D eigenvalue weighted by molar-refractivity contribution is 0.236. The number of aryl methyl sites for hydroxylation is 1. The number of thiazole rings is 1. The first-order chi connectivity index (χ1) is 11.2. The van der Waals surface area contributed by atoms with Crippen LogP contribution < -0.4 is 15.4 Å². The Balaban J connectivity index is 1.53. The molecule has 1 aliphatic rings. The van der Waals surface area contributed by atoms with Crippen molar-refractivity contribution < 1.29 is 9.53 Å². The highest BCUT2D eigenvalue weighted by molar-refractivity contribution is 7.11. The summed E-state index contributed by atoms with van der Waals surface area (Å²) in [5.41, 5.74) is 1.05. The van der Waals surface area contributed by atoms with E-state index in [2.05, 4.69) is 15.6 Å². The standard InChI is InChI=1S/C17H21N3O2S/c1-12-11-19-16(23-12)8-9-18-17(21)20-14-6-4-10-22-15-7-3-2-5-13(14)15/h2-3,5,7,11,14H,4,6,8-10H2,1H3,(H2,18,20,21)/t14-/m1/s1. The highest BCUT2D eigenvalue weighted by Crippen LogP contribution is 2.30. The number of nitrogens with one attached hydrogen (secondary N) is 2. The minimum absolute atomic E-state index is 0.00388. The predicted octanol–water partition coefficient (Wildman–Crippen LogP) is 3.21. The maximum atomic E-state index is 12.1. The molecular weight excluding hydrogens is 310 g/mol. The third-order valence-electron chi connectivity index (χ3n) is 3.79. The van der Waals surface area contributed by atoms with Gasteiger partial charge in [-0.25, -0.2) is 9.78 Å². The molecule has 0 bridgehead atoms. The van der Waals surface area contributed by atoms with E-state index in [9.17, 15) is 4.79 Å². The molecule has 0 spiro atoms. The lowest BCUT2D eigenvalue weighted by atomic mass is 10.0. The number of carbonyl (C=O) groups excluding carboxylic acids is 1. The first-order valence-electron chi connectivity index (χ1n) is 7.90. The molecule has 2 amide bonds. The van der Waals surface area contributed by atoms with Crippen molar-refractivity contribution in [2.45, 2.75) is 32.2 Å². The van der Waals surface area contributed by atoms with E-state index in [1.165, 1.54) is 4.88 Å². The summed E-state index contributed by atoms with van der Waals surface area (Å²) >= 11 is 1.67. The van der Waals surface area contributed by atoms with Gasteiger partial charge < -0.3 is 15.4 Å². The minimum Gasteiger partial charge on any atom is -0.493 e. The second-order valence-corrected chi connectivity index (χ2v) is 6.92. The van der Waals surface area contributed by atoms with Gasteiger partial charge in [0, 0.05) is 29.6 Å². The van der Waals surface area contributed by atoms with E-state index in [1.807, 2.05) is 37.4 Å². The summed E-state index contributed by atoms with van der Waals surface area (Å²) in [5, 5.41) is 7.03. The molecule has 0 unspecified atom stereocenters. The second kappa shape index (κ2) is 7.46. The number of amides is 2. The van der Waals surface area contributed by atoms with Crippen molar-refractivity contribution in [2.24, 2.45) is 0 Å². The van der Waals surface area contributed by atoms with Crippen LogP contribution >= 0.6 is 11.3 Å². The highest BCUT2D eigenvalue weighted by atomic mass is 32.1. The largest absolute Gasteiger partial charge is 0.493 e. The molecule has 2 aromatic rings. The molecule has 1 aromatic heterocycles. The van der Waals surface area contributed by atoms with Crippen molar-refractivity contribution in [3.8, 4) is 5.75 Å². The molecule has 1 aliphatic heterocycles. The van der Waals surface area contributed by atoms with E-state index in [4.69, 9.17) is 4.74 Å². The van der Waals surface area contributed by atoms with Gasteiger partial charge in [0.05, 0.1) is 17.7 Å². The van der Waals surface area contributed by atoms with Crippen LogP contribution in [0.15, 0.2) is 30.5 Å². The van der Waals surface area contributed by atoms with Crippen LogP contribution in [0, 0.1) is 6.92 Å². The third kappa shape index (κ3) is 4.22. The average molecular weight is 331 g/mol. The van der Waals surface area contributed by atoms with Gasteiger partial charge in [-0.1, -0.05) is 18.2 Å². The van der Waals surface area contributed by atoms with Crippen molar-refractivity contribution >= 4 is 17.4 Å². The number of fused-ring (bicyclic) bond motifs is 1. The molecule has 1 aromatic carbocycles. The van der Waals surface area contributed by atoms with Crippen LogP contribution in [0.4, 0.5) is 4.79 Å². The van der Waals surface area contributed by atoms with Crippen LogP contribution in [0.2, 0.25) is 0 Å². The first kappa shape index (κ1) is 15.8. The molecule has 0 saturated carbocycles. The number of para-hydroxylation sites is 1. The molecule has 5 nitrogen and oxygen atoms in total. The molecule has 23 heavy (non-hydrogen) atoms. The summed E-state index contributed by atoms with van der Waals surface area (Å²) in [6.45, 7) is 3.32. The zero-order valence-corrected chi connectivity index (χ0v) is 14.0. The summed E-state index contributed by atoms with van der Waals surface area (Å²) in [5.74, 6) is 0.869. The number of urea groups is 1. The van der Waals surface area contributed by atoms with Gasteiger partial charge in [0.15, 0.2) is 0 Å². The van der Waals surface area contributed by atoms with Crippen molar-refractivity contribution in [3.63, 3.8) is 0 Å². The molecule has 0 fully saturated rings. The Labute approximate surface area is 140 Å². The van der Waals surface area contributed by atoms with Gasteiger partial charge >= 0.3 is 6.03 Å². The van der Waals surface area contributed by atoms with Gasteiger partial charge in [-0.15, -0.1) is 11.3 Å². The molecular formula is C17H21N3O2S. The van der Waals surface area contributed by atoms with E-state index >= 15 is 0 Å². The van der Waals surface area contributed by atoms with Gasteiger partial charge in [-0.2, -0.15) is 0 Å². The Bertz CT molecular complexity index is 671. The minimum atomic E-state index is -0.139. The van der Waals surface area contributed by atoms with Crippen LogP contribution in [0.3, 0.4) is 0 Å². The predicted molar refractivity (Wildman–Crippen MR) is 91.0 cm³/mol. The summed E-state index contributed by atoms with van der Waals surface area (Å²) in [4.78, 5) is 17.6. The number of rotatable bonds is 4. The van der Waals surface area contributed by atoms with Gasteiger partial charge in [0.25, 0.3) is 0 Å². The van der Waals surface area contributed by atoms with Crippen molar-refractivity contribution in [1.82, 2.24) is 15.6 Å². The number of carbonyl (C=O) groups is 1. The maximum Gasteiger partial charge on any atom is 0.315 e. The topological polar surface area (TPSA) is 63.2 Å². The monoisotopic (exact) mass is 331 g/mol. The fourth-order valence-electron chi connectivity index (χ4n) is 2.68. The molecule has 2 N–H and O–H groups in total. The van der Waals surface area contributed by atoms with Gasteiger partial charge in [-0.3, -0.25) is 0 Å².